The van der Waals surface area contributed by atoms with Crippen molar-refractivity contribution in [3.8, 4) is 5.75 Å². The van der Waals surface area contributed by atoms with Crippen LogP contribution in [-0.4, -0.2) is 48.4 Å². The summed E-state index contributed by atoms with van der Waals surface area (Å²) in [6.07, 6.45) is -5.73. The normalized spacial score (nSPS) is 19.8. The quantitative estimate of drug-likeness (QED) is 0.0435. The van der Waals surface area contributed by atoms with Crippen molar-refractivity contribution >= 4 is 11.8 Å². The second kappa shape index (κ2) is 18.7. The average Bonchev–Trinajstić information content (AvgIpc) is 3.18. The van der Waals surface area contributed by atoms with Crippen molar-refractivity contribution < 1.29 is 42.9 Å². The predicted octanol–water partition coefficient (Wildman–Crippen LogP) is 7.81. The molecule has 5 aromatic carbocycles. The minimum absolute atomic E-state index is 0.0526. The molecule has 1 heterocycles. The first kappa shape index (κ1) is 36.4. The van der Waals surface area contributed by atoms with Crippen LogP contribution in [0.4, 0.5) is 10.5 Å². The Labute approximate surface area is 301 Å². The standard InChI is InChI=1S/C41H39NO10/c43-41(50-35-23-21-34(22-24-35)42(44)45)52-40-39(49-28-33-19-11-4-12-20-33)38(48-27-32-17-9-3-10-18-32)37(47-26-31-15-7-2-8-16-31)36(51-40)29-46-25-30-13-5-1-6-14-30/h1-24,36-40H,25-29H2/t36-,37+,38+,39-,40+/m1/s1. The van der Waals surface area contributed by atoms with Crippen LogP contribution in [0.3, 0.4) is 0 Å². The molecule has 11 nitrogen and oxygen atoms in total. The predicted molar refractivity (Wildman–Crippen MR) is 190 cm³/mol. The number of benzene rings is 5. The van der Waals surface area contributed by atoms with Crippen molar-refractivity contribution in [1.29, 1.82) is 0 Å². The number of non-ortho nitro benzene ring substituents is 1. The van der Waals surface area contributed by atoms with E-state index in [1.807, 2.05) is 121 Å². The maximum Gasteiger partial charge on any atom is 0.516 e. The van der Waals surface area contributed by atoms with Crippen molar-refractivity contribution in [2.24, 2.45) is 0 Å². The van der Waals surface area contributed by atoms with Crippen LogP contribution >= 0.6 is 0 Å². The van der Waals surface area contributed by atoms with E-state index in [1.165, 1.54) is 24.3 Å². The van der Waals surface area contributed by atoms with Gasteiger partial charge in [0.15, 0.2) is 0 Å². The number of carbonyl (C=O) groups is 1. The molecule has 5 atom stereocenters. The van der Waals surface area contributed by atoms with Gasteiger partial charge in [0.1, 0.15) is 30.2 Å². The summed E-state index contributed by atoms with van der Waals surface area (Å²) in [6, 6.07) is 43.8. The molecule has 52 heavy (non-hydrogen) atoms. The highest BCUT2D eigenvalue weighted by atomic mass is 16.8. The molecular formula is C41H39NO10. The summed E-state index contributed by atoms with van der Waals surface area (Å²) >= 11 is 0. The summed E-state index contributed by atoms with van der Waals surface area (Å²) in [5, 5.41) is 11.1. The van der Waals surface area contributed by atoms with E-state index in [2.05, 4.69) is 0 Å². The highest BCUT2D eigenvalue weighted by molar-refractivity contribution is 5.64. The number of nitrogens with zero attached hydrogens (tertiary/aromatic N) is 1. The number of carbonyl (C=O) groups excluding carboxylic acids is 1. The Morgan fingerprint density at radius 3 is 1.50 bits per heavy atom. The van der Waals surface area contributed by atoms with Gasteiger partial charge in [0.2, 0.25) is 6.29 Å². The Bertz CT molecular complexity index is 1810. The van der Waals surface area contributed by atoms with Gasteiger partial charge in [0.25, 0.3) is 5.69 Å². The summed E-state index contributed by atoms with van der Waals surface area (Å²) < 4.78 is 43.7. The molecule has 0 radical (unpaired) electrons. The van der Waals surface area contributed by atoms with Crippen LogP contribution in [-0.2, 0) is 54.8 Å². The maximum absolute atomic E-state index is 13.3. The van der Waals surface area contributed by atoms with Gasteiger partial charge in [-0.2, -0.15) is 0 Å². The first-order chi connectivity index (χ1) is 25.5. The Morgan fingerprint density at radius 2 is 1.02 bits per heavy atom. The summed E-state index contributed by atoms with van der Waals surface area (Å²) in [5.74, 6) is 0.0526. The van der Waals surface area contributed by atoms with Gasteiger partial charge in [-0.3, -0.25) is 10.1 Å². The van der Waals surface area contributed by atoms with E-state index in [4.69, 9.17) is 33.2 Å². The molecule has 0 saturated carbocycles. The van der Waals surface area contributed by atoms with E-state index in [9.17, 15) is 14.9 Å². The lowest BCUT2D eigenvalue weighted by Crippen LogP contribution is -2.62. The first-order valence-corrected chi connectivity index (χ1v) is 16.9. The Kier molecular flexibility index (Phi) is 13.1. The lowest BCUT2D eigenvalue weighted by atomic mass is 9.97. The van der Waals surface area contributed by atoms with Crippen molar-refractivity contribution in [3.05, 3.63) is 178 Å². The molecule has 5 aromatic rings. The summed E-state index contributed by atoms with van der Waals surface area (Å²) in [5.41, 5.74) is 3.57. The molecule has 0 unspecified atom stereocenters. The first-order valence-electron chi connectivity index (χ1n) is 16.9. The molecule has 6 rings (SSSR count). The smallest absolute Gasteiger partial charge is 0.401 e. The fourth-order valence-corrected chi connectivity index (χ4v) is 5.69. The van der Waals surface area contributed by atoms with Gasteiger partial charge in [0.05, 0.1) is 38.0 Å². The topological polar surface area (TPSA) is 125 Å². The van der Waals surface area contributed by atoms with Crippen molar-refractivity contribution in [1.82, 2.24) is 0 Å². The monoisotopic (exact) mass is 705 g/mol. The molecule has 11 heteroatoms. The number of nitro groups is 1. The Balaban J connectivity index is 1.30. The van der Waals surface area contributed by atoms with Gasteiger partial charge in [-0.15, -0.1) is 0 Å². The van der Waals surface area contributed by atoms with Crippen LogP contribution in [0, 0.1) is 10.1 Å². The van der Waals surface area contributed by atoms with Gasteiger partial charge in [0, 0.05) is 12.1 Å². The molecule has 0 spiro atoms. The van der Waals surface area contributed by atoms with Crippen molar-refractivity contribution in [2.45, 2.75) is 57.1 Å². The van der Waals surface area contributed by atoms with Gasteiger partial charge >= 0.3 is 6.16 Å². The Hall–Kier alpha value is -5.43. The lowest BCUT2D eigenvalue weighted by molar-refractivity contribution is -0.384. The van der Waals surface area contributed by atoms with E-state index >= 15 is 0 Å². The number of ether oxygens (including phenoxy) is 7. The fourth-order valence-electron chi connectivity index (χ4n) is 5.69. The van der Waals surface area contributed by atoms with Crippen LogP contribution < -0.4 is 4.74 Å². The highest BCUT2D eigenvalue weighted by Gasteiger charge is 2.50. The molecule has 0 aromatic heterocycles. The molecule has 0 bridgehead atoms. The lowest BCUT2D eigenvalue weighted by Gasteiger charge is -2.45. The highest BCUT2D eigenvalue weighted by Crippen LogP contribution is 2.32. The van der Waals surface area contributed by atoms with Gasteiger partial charge in [-0.1, -0.05) is 121 Å². The number of nitro benzene ring substituents is 1. The molecule has 0 amide bonds. The van der Waals surface area contributed by atoms with Crippen LogP contribution in [0.1, 0.15) is 22.3 Å². The molecule has 268 valence electrons. The Morgan fingerprint density at radius 1 is 0.577 bits per heavy atom. The third-order valence-electron chi connectivity index (χ3n) is 8.30. The second-order valence-electron chi connectivity index (χ2n) is 12.0. The largest absolute Gasteiger partial charge is 0.516 e. The van der Waals surface area contributed by atoms with Gasteiger partial charge in [-0.05, 0) is 34.4 Å². The zero-order chi connectivity index (χ0) is 36.0. The number of hydrogen-bond acceptors (Lipinski definition) is 10. The molecule has 1 aliphatic heterocycles. The van der Waals surface area contributed by atoms with Gasteiger partial charge in [-0.25, -0.2) is 4.79 Å². The maximum atomic E-state index is 13.3. The summed E-state index contributed by atoms with van der Waals surface area (Å²) in [7, 11) is 0. The molecule has 0 aliphatic carbocycles. The SMILES string of the molecule is O=C(Oc1ccc([N+](=O)[O-])cc1)O[C@@H]1O[C@H](COCc2ccccc2)[C@H](OCc2ccccc2)[C@H](OCc2ccccc2)[C@H]1OCc1ccccc1. The van der Waals surface area contributed by atoms with E-state index in [0.717, 1.165) is 22.3 Å². The molecular weight excluding hydrogens is 666 g/mol. The molecule has 1 aliphatic rings. The van der Waals surface area contributed by atoms with E-state index in [1.54, 1.807) is 0 Å². The van der Waals surface area contributed by atoms with Crippen LogP contribution in [0.15, 0.2) is 146 Å². The van der Waals surface area contributed by atoms with Crippen LogP contribution in [0.25, 0.3) is 0 Å². The van der Waals surface area contributed by atoms with Crippen molar-refractivity contribution in [2.75, 3.05) is 6.61 Å². The number of rotatable bonds is 16. The third kappa shape index (κ3) is 10.5. The molecule has 0 N–H and O–H groups in total. The van der Waals surface area contributed by atoms with Gasteiger partial charge < -0.3 is 33.2 Å². The minimum Gasteiger partial charge on any atom is -0.401 e. The summed E-state index contributed by atoms with van der Waals surface area (Å²) in [4.78, 5) is 23.9. The van der Waals surface area contributed by atoms with E-state index in [-0.39, 0.29) is 37.9 Å². The third-order valence-corrected chi connectivity index (χ3v) is 8.30. The van der Waals surface area contributed by atoms with E-state index in [0.29, 0.717) is 6.61 Å². The molecule has 1 saturated heterocycles. The summed E-state index contributed by atoms with van der Waals surface area (Å²) in [6.45, 7) is 0.983. The molecule has 1 fully saturated rings. The zero-order valence-electron chi connectivity index (χ0n) is 28.3. The number of hydrogen-bond donors (Lipinski definition) is 0. The van der Waals surface area contributed by atoms with Crippen LogP contribution in [0.2, 0.25) is 0 Å². The minimum atomic E-state index is -1.32. The zero-order valence-corrected chi connectivity index (χ0v) is 28.3. The average molecular weight is 706 g/mol. The van der Waals surface area contributed by atoms with Crippen LogP contribution in [0.5, 0.6) is 5.75 Å². The van der Waals surface area contributed by atoms with Crippen molar-refractivity contribution in [3.63, 3.8) is 0 Å². The fraction of sp³-hybridized carbons (Fsp3) is 0.244. The van der Waals surface area contributed by atoms with E-state index < -0.39 is 41.8 Å². The second-order valence-corrected chi connectivity index (χ2v) is 12.0.